The van der Waals surface area contributed by atoms with Crippen LogP contribution in [-0.4, -0.2) is 38.2 Å². The highest BCUT2D eigenvalue weighted by molar-refractivity contribution is 5.41. The molecule has 0 unspecified atom stereocenters. The Morgan fingerprint density at radius 2 is 2.14 bits per heavy atom. The summed E-state index contributed by atoms with van der Waals surface area (Å²) in [5.41, 5.74) is 1.72. The van der Waals surface area contributed by atoms with Crippen LogP contribution in [0.15, 0.2) is 18.2 Å². The molecule has 4 heteroatoms. The van der Waals surface area contributed by atoms with Crippen molar-refractivity contribution in [1.29, 1.82) is 5.26 Å². The number of nitrogens with zero attached hydrogens (tertiary/aromatic N) is 2. The zero-order valence-electron chi connectivity index (χ0n) is 13.1. The first-order chi connectivity index (χ1) is 10.2. The lowest BCUT2D eigenvalue weighted by atomic mass is 10.1. The van der Waals surface area contributed by atoms with Crippen LogP contribution in [0.5, 0.6) is 5.75 Å². The molecular weight excluding hydrogens is 262 g/mol. The van der Waals surface area contributed by atoms with Gasteiger partial charge in [-0.05, 0) is 38.1 Å². The highest BCUT2D eigenvalue weighted by Crippen LogP contribution is 2.22. The van der Waals surface area contributed by atoms with Crippen LogP contribution in [0.2, 0.25) is 0 Å². The number of hydrogen-bond donors (Lipinski definition) is 1. The standard InChI is InChI=1S/C17H25N3O/c1-20(16-5-3-4-6-16)10-9-19-13-15-11-14(12-18)7-8-17(15)21-2/h7-8,11,16,19H,3-6,9-10,13H2,1-2H3. The van der Waals surface area contributed by atoms with Crippen LogP contribution in [0.4, 0.5) is 0 Å². The normalized spacial score (nSPS) is 15.3. The Morgan fingerprint density at radius 3 is 2.81 bits per heavy atom. The molecule has 1 aliphatic rings. The average Bonchev–Trinajstić information content (AvgIpc) is 3.05. The monoisotopic (exact) mass is 287 g/mol. The Kier molecular flexibility index (Phi) is 6.04. The first kappa shape index (κ1) is 15.8. The van der Waals surface area contributed by atoms with E-state index < -0.39 is 0 Å². The predicted octanol–water partition coefficient (Wildman–Crippen LogP) is 2.53. The molecule has 0 aromatic heterocycles. The predicted molar refractivity (Wildman–Crippen MR) is 84.3 cm³/mol. The summed E-state index contributed by atoms with van der Waals surface area (Å²) in [6, 6.07) is 8.48. The molecule has 0 amide bonds. The molecule has 0 heterocycles. The molecule has 1 fully saturated rings. The number of nitriles is 1. The fourth-order valence-electron chi connectivity index (χ4n) is 2.99. The highest BCUT2D eigenvalue weighted by atomic mass is 16.5. The Bertz CT molecular complexity index is 489. The summed E-state index contributed by atoms with van der Waals surface area (Å²) in [5.74, 6) is 0.839. The minimum absolute atomic E-state index is 0.677. The molecule has 1 aromatic rings. The summed E-state index contributed by atoms with van der Waals surface area (Å²) >= 11 is 0. The smallest absolute Gasteiger partial charge is 0.123 e. The van der Waals surface area contributed by atoms with Gasteiger partial charge >= 0.3 is 0 Å². The van der Waals surface area contributed by atoms with Gasteiger partial charge in [0.15, 0.2) is 0 Å². The van der Waals surface area contributed by atoms with Crippen molar-refractivity contribution in [3.63, 3.8) is 0 Å². The second-order valence-corrected chi connectivity index (χ2v) is 5.73. The zero-order valence-corrected chi connectivity index (χ0v) is 13.1. The van der Waals surface area contributed by atoms with Gasteiger partial charge in [0.2, 0.25) is 0 Å². The van der Waals surface area contributed by atoms with Crippen molar-refractivity contribution in [2.45, 2.75) is 38.3 Å². The lowest BCUT2D eigenvalue weighted by Gasteiger charge is -2.24. The van der Waals surface area contributed by atoms with Gasteiger partial charge < -0.3 is 15.0 Å². The molecule has 0 saturated heterocycles. The summed E-state index contributed by atoms with van der Waals surface area (Å²) in [5, 5.41) is 12.4. The van der Waals surface area contributed by atoms with Crippen molar-refractivity contribution in [2.24, 2.45) is 0 Å². The van der Waals surface area contributed by atoms with Crippen molar-refractivity contribution in [3.8, 4) is 11.8 Å². The Balaban J connectivity index is 1.79. The molecule has 1 aromatic carbocycles. The van der Waals surface area contributed by atoms with Gasteiger partial charge in [-0.15, -0.1) is 0 Å². The lowest BCUT2D eigenvalue weighted by Crippen LogP contribution is -2.35. The summed E-state index contributed by atoms with van der Waals surface area (Å²) in [6.07, 6.45) is 5.43. The molecule has 4 nitrogen and oxygen atoms in total. The number of nitrogens with one attached hydrogen (secondary N) is 1. The summed E-state index contributed by atoms with van der Waals surface area (Å²) < 4.78 is 5.34. The van der Waals surface area contributed by atoms with Crippen LogP contribution in [0.1, 0.15) is 36.8 Å². The Labute approximate surface area is 127 Å². The maximum atomic E-state index is 8.97. The van der Waals surface area contributed by atoms with E-state index in [1.807, 2.05) is 12.1 Å². The largest absolute Gasteiger partial charge is 0.496 e. The van der Waals surface area contributed by atoms with E-state index in [1.54, 1.807) is 13.2 Å². The van der Waals surface area contributed by atoms with E-state index in [0.29, 0.717) is 5.56 Å². The number of ether oxygens (including phenoxy) is 1. The lowest BCUT2D eigenvalue weighted by molar-refractivity contribution is 0.245. The van der Waals surface area contributed by atoms with Gasteiger partial charge in [0, 0.05) is 31.2 Å². The molecule has 114 valence electrons. The van der Waals surface area contributed by atoms with Crippen LogP contribution < -0.4 is 10.1 Å². The van der Waals surface area contributed by atoms with Crippen LogP contribution in [0.25, 0.3) is 0 Å². The molecular formula is C17H25N3O. The first-order valence-electron chi connectivity index (χ1n) is 7.72. The molecule has 0 spiro atoms. The minimum Gasteiger partial charge on any atom is -0.496 e. The van der Waals surface area contributed by atoms with Crippen molar-refractivity contribution in [1.82, 2.24) is 10.2 Å². The quantitative estimate of drug-likeness (QED) is 0.783. The first-order valence-corrected chi connectivity index (χ1v) is 7.72. The third kappa shape index (κ3) is 4.45. The Hall–Kier alpha value is -1.57. The molecule has 21 heavy (non-hydrogen) atoms. The summed E-state index contributed by atoms with van der Waals surface area (Å²) in [7, 11) is 3.88. The number of methoxy groups -OCH3 is 1. The van der Waals surface area contributed by atoms with Gasteiger partial charge in [-0.25, -0.2) is 0 Å². The maximum Gasteiger partial charge on any atom is 0.123 e. The maximum absolute atomic E-state index is 8.97. The second-order valence-electron chi connectivity index (χ2n) is 5.73. The highest BCUT2D eigenvalue weighted by Gasteiger charge is 2.18. The van der Waals surface area contributed by atoms with E-state index >= 15 is 0 Å². The average molecular weight is 287 g/mol. The topological polar surface area (TPSA) is 48.3 Å². The second kappa shape index (κ2) is 8.02. The van der Waals surface area contributed by atoms with Crippen LogP contribution >= 0.6 is 0 Å². The summed E-state index contributed by atoms with van der Waals surface area (Å²) in [4.78, 5) is 2.46. The van der Waals surface area contributed by atoms with E-state index in [0.717, 1.165) is 37.0 Å². The van der Waals surface area contributed by atoms with Crippen molar-refractivity contribution >= 4 is 0 Å². The third-order valence-electron chi connectivity index (χ3n) is 4.31. The third-order valence-corrected chi connectivity index (χ3v) is 4.31. The molecule has 0 radical (unpaired) electrons. The molecule has 2 rings (SSSR count). The molecule has 0 atom stereocenters. The Morgan fingerprint density at radius 1 is 1.38 bits per heavy atom. The number of rotatable bonds is 7. The number of likely N-dealkylation sites (N-methyl/N-ethyl adjacent to an activating group) is 1. The van der Waals surface area contributed by atoms with Gasteiger partial charge in [0.1, 0.15) is 5.75 Å². The zero-order chi connectivity index (χ0) is 15.1. The fourth-order valence-corrected chi connectivity index (χ4v) is 2.99. The van der Waals surface area contributed by atoms with Crippen LogP contribution in [0.3, 0.4) is 0 Å². The van der Waals surface area contributed by atoms with Gasteiger partial charge in [0.05, 0.1) is 18.7 Å². The van der Waals surface area contributed by atoms with E-state index in [-0.39, 0.29) is 0 Å². The van der Waals surface area contributed by atoms with E-state index in [2.05, 4.69) is 23.3 Å². The van der Waals surface area contributed by atoms with E-state index in [1.165, 1.54) is 25.7 Å². The van der Waals surface area contributed by atoms with E-state index in [9.17, 15) is 0 Å². The molecule has 0 aliphatic heterocycles. The minimum atomic E-state index is 0.677. The molecule has 0 bridgehead atoms. The molecule has 1 saturated carbocycles. The van der Waals surface area contributed by atoms with Crippen LogP contribution in [0, 0.1) is 11.3 Å². The van der Waals surface area contributed by atoms with Crippen LogP contribution in [-0.2, 0) is 6.54 Å². The fraction of sp³-hybridized carbons (Fsp3) is 0.588. The van der Waals surface area contributed by atoms with Crippen molar-refractivity contribution in [2.75, 3.05) is 27.2 Å². The number of benzene rings is 1. The van der Waals surface area contributed by atoms with Gasteiger partial charge in [-0.1, -0.05) is 12.8 Å². The van der Waals surface area contributed by atoms with Crippen molar-refractivity contribution in [3.05, 3.63) is 29.3 Å². The van der Waals surface area contributed by atoms with Crippen molar-refractivity contribution < 1.29 is 4.74 Å². The number of hydrogen-bond acceptors (Lipinski definition) is 4. The van der Waals surface area contributed by atoms with Gasteiger partial charge in [0.25, 0.3) is 0 Å². The van der Waals surface area contributed by atoms with E-state index in [4.69, 9.17) is 10.00 Å². The van der Waals surface area contributed by atoms with Gasteiger partial charge in [-0.2, -0.15) is 5.26 Å². The molecule has 1 aliphatic carbocycles. The molecule has 1 N–H and O–H groups in total. The van der Waals surface area contributed by atoms with Gasteiger partial charge in [-0.3, -0.25) is 0 Å². The SMILES string of the molecule is COc1ccc(C#N)cc1CNCCN(C)C1CCCC1. The summed E-state index contributed by atoms with van der Waals surface area (Å²) in [6.45, 7) is 2.75.